The predicted molar refractivity (Wildman–Crippen MR) is 72.4 cm³/mol. The van der Waals surface area contributed by atoms with E-state index in [1.807, 2.05) is 33.8 Å². The van der Waals surface area contributed by atoms with Gasteiger partial charge in [-0.1, -0.05) is 6.92 Å². The summed E-state index contributed by atoms with van der Waals surface area (Å²) in [6.45, 7) is 10.5. The van der Waals surface area contributed by atoms with Gasteiger partial charge < -0.3 is 14.8 Å². The second-order valence-corrected chi connectivity index (χ2v) is 6.66. The molecular weight excluding hydrogens is 226 g/mol. The Morgan fingerprint density at radius 3 is 2.44 bits per heavy atom. The molecule has 18 heavy (non-hydrogen) atoms. The third kappa shape index (κ3) is 2.78. The van der Waals surface area contributed by atoms with Crippen LogP contribution in [0.25, 0.3) is 0 Å². The van der Waals surface area contributed by atoms with Crippen molar-refractivity contribution < 1.29 is 9.52 Å². The summed E-state index contributed by atoms with van der Waals surface area (Å²) in [6, 6.07) is 4.12. The first kappa shape index (κ1) is 13.6. The number of aliphatic hydroxyl groups is 1. The van der Waals surface area contributed by atoms with Crippen LogP contribution in [0.5, 0.6) is 0 Å². The van der Waals surface area contributed by atoms with Crippen LogP contribution in [0.15, 0.2) is 16.5 Å². The van der Waals surface area contributed by atoms with E-state index >= 15 is 0 Å². The first-order valence-electron chi connectivity index (χ1n) is 6.77. The van der Waals surface area contributed by atoms with E-state index in [1.165, 1.54) is 6.42 Å². The van der Waals surface area contributed by atoms with Gasteiger partial charge in [0.05, 0.1) is 12.1 Å². The predicted octanol–water partition coefficient (Wildman–Crippen LogP) is 3.04. The van der Waals surface area contributed by atoms with Crippen LogP contribution in [-0.2, 0) is 6.54 Å². The van der Waals surface area contributed by atoms with Crippen molar-refractivity contribution >= 4 is 0 Å². The molecule has 1 fully saturated rings. The second kappa shape index (κ2) is 4.39. The van der Waals surface area contributed by atoms with Crippen LogP contribution in [0, 0.1) is 5.92 Å². The Kier molecular flexibility index (Phi) is 3.32. The molecule has 0 bridgehead atoms. The first-order chi connectivity index (χ1) is 8.21. The third-order valence-electron chi connectivity index (χ3n) is 4.39. The van der Waals surface area contributed by atoms with Crippen LogP contribution < -0.4 is 5.32 Å². The van der Waals surface area contributed by atoms with Gasteiger partial charge in [-0.2, -0.15) is 0 Å². The summed E-state index contributed by atoms with van der Waals surface area (Å²) < 4.78 is 5.84. The summed E-state index contributed by atoms with van der Waals surface area (Å²) in [5.74, 6) is 3.45. The molecule has 102 valence electrons. The highest BCUT2D eigenvalue weighted by molar-refractivity contribution is 5.17. The van der Waals surface area contributed by atoms with Gasteiger partial charge in [-0.3, -0.25) is 0 Å². The van der Waals surface area contributed by atoms with Gasteiger partial charge in [0.15, 0.2) is 0 Å². The molecule has 0 aliphatic heterocycles. The number of nitrogens with one attached hydrogen (secondary N) is 1. The zero-order chi connectivity index (χ0) is 13.6. The summed E-state index contributed by atoms with van der Waals surface area (Å²) in [6.07, 6.45) is 1.25. The highest BCUT2D eigenvalue weighted by Crippen LogP contribution is 2.47. The monoisotopic (exact) mass is 251 g/mol. The lowest BCUT2D eigenvalue weighted by atomic mass is 9.86. The largest absolute Gasteiger partial charge is 0.464 e. The molecule has 1 aliphatic carbocycles. The number of hydrogen-bond acceptors (Lipinski definition) is 3. The summed E-state index contributed by atoms with van der Waals surface area (Å²) in [4.78, 5) is 0. The Labute approximate surface area is 110 Å². The number of hydrogen-bond donors (Lipinski definition) is 2. The van der Waals surface area contributed by atoms with Gasteiger partial charge in [0.25, 0.3) is 0 Å². The van der Waals surface area contributed by atoms with Gasteiger partial charge in [-0.15, -0.1) is 0 Å². The zero-order valence-electron chi connectivity index (χ0n) is 12.1. The van der Waals surface area contributed by atoms with Crippen molar-refractivity contribution in [1.29, 1.82) is 0 Å². The fourth-order valence-electron chi connectivity index (χ4n) is 1.93. The van der Waals surface area contributed by atoms with Gasteiger partial charge in [-0.25, -0.2) is 0 Å². The minimum atomic E-state index is -0.770. The fourth-order valence-corrected chi connectivity index (χ4v) is 1.93. The van der Waals surface area contributed by atoms with E-state index in [2.05, 4.69) is 18.3 Å². The lowest BCUT2D eigenvalue weighted by Crippen LogP contribution is -2.55. The second-order valence-electron chi connectivity index (χ2n) is 6.66. The standard InChI is InChI=1S/C15H25NO2/c1-10-8-12(10)13-7-6-11(18-13)9-16-14(2,3)15(4,5)17/h6-7,10,12,16-17H,8-9H2,1-5H3. The molecule has 0 amide bonds. The Balaban J connectivity index is 1.92. The van der Waals surface area contributed by atoms with Gasteiger partial charge in [-0.05, 0) is 52.2 Å². The Bertz CT molecular complexity index is 414. The number of rotatable bonds is 5. The van der Waals surface area contributed by atoms with Crippen LogP contribution in [0.2, 0.25) is 0 Å². The van der Waals surface area contributed by atoms with E-state index in [0.717, 1.165) is 17.4 Å². The molecule has 1 aromatic rings. The topological polar surface area (TPSA) is 45.4 Å². The van der Waals surface area contributed by atoms with Crippen molar-refractivity contribution in [1.82, 2.24) is 5.32 Å². The van der Waals surface area contributed by atoms with Crippen LogP contribution in [0.1, 0.15) is 58.5 Å². The van der Waals surface area contributed by atoms with Crippen LogP contribution in [-0.4, -0.2) is 16.2 Å². The van der Waals surface area contributed by atoms with E-state index in [0.29, 0.717) is 12.5 Å². The molecule has 0 saturated heterocycles. The van der Waals surface area contributed by atoms with Crippen molar-refractivity contribution in [2.75, 3.05) is 0 Å². The minimum absolute atomic E-state index is 0.354. The van der Waals surface area contributed by atoms with E-state index in [9.17, 15) is 5.11 Å². The maximum atomic E-state index is 10.1. The van der Waals surface area contributed by atoms with Crippen molar-refractivity contribution in [2.24, 2.45) is 5.92 Å². The summed E-state index contributed by atoms with van der Waals surface area (Å²) in [5.41, 5.74) is -1.12. The first-order valence-corrected chi connectivity index (χ1v) is 6.77. The maximum absolute atomic E-state index is 10.1. The fraction of sp³-hybridized carbons (Fsp3) is 0.733. The smallest absolute Gasteiger partial charge is 0.117 e. The van der Waals surface area contributed by atoms with E-state index in [1.54, 1.807) is 0 Å². The molecule has 1 aliphatic rings. The molecule has 1 saturated carbocycles. The summed E-state index contributed by atoms with van der Waals surface area (Å²) in [5, 5.41) is 13.4. The molecule has 0 aromatic carbocycles. The number of furan rings is 1. The lowest BCUT2D eigenvalue weighted by Gasteiger charge is -2.38. The highest BCUT2D eigenvalue weighted by Gasteiger charge is 2.37. The molecule has 0 spiro atoms. The molecule has 1 heterocycles. The Hall–Kier alpha value is -0.800. The quantitative estimate of drug-likeness (QED) is 0.845. The van der Waals surface area contributed by atoms with Crippen LogP contribution >= 0.6 is 0 Å². The molecule has 3 nitrogen and oxygen atoms in total. The molecule has 0 radical (unpaired) electrons. The van der Waals surface area contributed by atoms with Crippen molar-refractivity contribution in [3.8, 4) is 0 Å². The van der Waals surface area contributed by atoms with Gasteiger partial charge in [0, 0.05) is 11.5 Å². The van der Waals surface area contributed by atoms with E-state index in [4.69, 9.17) is 4.42 Å². The molecule has 1 aromatic heterocycles. The minimum Gasteiger partial charge on any atom is -0.464 e. The molecule has 3 heteroatoms. The SMILES string of the molecule is CC1CC1c1ccc(CNC(C)(C)C(C)(C)O)o1. The molecule has 2 N–H and O–H groups in total. The third-order valence-corrected chi connectivity index (χ3v) is 4.39. The maximum Gasteiger partial charge on any atom is 0.117 e. The highest BCUT2D eigenvalue weighted by atomic mass is 16.3. The van der Waals surface area contributed by atoms with Crippen molar-refractivity contribution in [3.63, 3.8) is 0 Å². The van der Waals surface area contributed by atoms with Crippen molar-refractivity contribution in [3.05, 3.63) is 23.7 Å². The molecule has 2 unspecified atom stereocenters. The summed E-state index contributed by atoms with van der Waals surface area (Å²) >= 11 is 0. The Morgan fingerprint density at radius 1 is 1.33 bits per heavy atom. The van der Waals surface area contributed by atoms with Gasteiger partial charge >= 0.3 is 0 Å². The van der Waals surface area contributed by atoms with Gasteiger partial charge in [0.2, 0.25) is 0 Å². The molecular formula is C15H25NO2. The lowest BCUT2D eigenvalue weighted by molar-refractivity contribution is -0.00604. The molecule has 2 atom stereocenters. The average Bonchev–Trinajstić information content (AvgIpc) is 2.77. The van der Waals surface area contributed by atoms with E-state index < -0.39 is 5.60 Å². The van der Waals surface area contributed by atoms with Crippen LogP contribution in [0.3, 0.4) is 0 Å². The van der Waals surface area contributed by atoms with E-state index in [-0.39, 0.29) is 5.54 Å². The summed E-state index contributed by atoms with van der Waals surface area (Å²) in [7, 11) is 0. The zero-order valence-corrected chi connectivity index (χ0v) is 12.1. The Morgan fingerprint density at radius 2 is 1.94 bits per heavy atom. The average molecular weight is 251 g/mol. The van der Waals surface area contributed by atoms with Crippen molar-refractivity contribution in [2.45, 2.75) is 64.6 Å². The van der Waals surface area contributed by atoms with Gasteiger partial charge in [0.1, 0.15) is 11.5 Å². The molecule has 2 rings (SSSR count). The van der Waals surface area contributed by atoms with Crippen LogP contribution in [0.4, 0.5) is 0 Å². The normalized spacial score (nSPS) is 24.3.